The van der Waals surface area contributed by atoms with E-state index >= 15 is 0 Å². The van der Waals surface area contributed by atoms with Crippen molar-refractivity contribution in [2.24, 2.45) is 0 Å². The van der Waals surface area contributed by atoms with Crippen molar-refractivity contribution in [3.8, 4) is 11.5 Å². The minimum atomic E-state index is -0.496. The number of carbonyl (C=O) groups excluding carboxylic acids is 2. The monoisotopic (exact) mass is 431 g/mol. The number of carbonyl (C=O) groups is 2. The van der Waals surface area contributed by atoms with Crippen LogP contribution in [0.4, 0.5) is 0 Å². The number of hydrogen-bond acceptors (Lipinski definition) is 5. The zero-order chi connectivity index (χ0) is 22.3. The third-order valence-corrected chi connectivity index (χ3v) is 5.35. The first-order chi connectivity index (χ1) is 15.6. The van der Waals surface area contributed by atoms with E-state index in [1.807, 2.05) is 67.6 Å². The van der Waals surface area contributed by atoms with Crippen LogP contribution in [0.15, 0.2) is 72.8 Å². The highest BCUT2D eigenvalue weighted by Gasteiger charge is 2.19. The van der Waals surface area contributed by atoms with Crippen molar-refractivity contribution in [1.82, 2.24) is 4.90 Å². The fraction of sp³-hybridized carbons (Fsp3) is 0.231. The first kappa shape index (κ1) is 21.4. The van der Waals surface area contributed by atoms with Crippen LogP contribution in [0.1, 0.15) is 34.0 Å². The highest BCUT2D eigenvalue weighted by atomic mass is 16.7. The predicted molar refractivity (Wildman–Crippen MR) is 120 cm³/mol. The van der Waals surface area contributed by atoms with Crippen molar-refractivity contribution in [2.45, 2.75) is 19.9 Å². The summed E-state index contributed by atoms with van der Waals surface area (Å²) in [6.07, 6.45) is 0.616. The van der Waals surface area contributed by atoms with Gasteiger partial charge in [-0.25, -0.2) is 4.79 Å². The molecule has 6 nitrogen and oxygen atoms in total. The van der Waals surface area contributed by atoms with Gasteiger partial charge in [-0.3, -0.25) is 4.79 Å². The molecule has 164 valence electrons. The molecule has 3 aromatic carbocycles. The Hall–Kier alpha value is -3.80. The van der Waals surface area contributed by atoms with Gasteiger partial charge in [-0.2, -0.15) is 0 Å². The van der Waals surface area contributed by atoms with Gasteiger partial charge in [-0.1, -0.05) is 54.6 Å². The molecule has 0 spiro atoms. The second kappa shape index (κ2) is 10.0. The largest absolute Gasteiger partial charge is 0.454 e. The Kier molecular flexibility index (Phi) is 6.70. The molecule has 0 N–H and O–H groups in total. The maximum Gasteiger partial charge on any atom is 0.338 e. The van der Waals surface area contributed by atoms with Crippen LogP contribution in [-0.4, -0.2) is 36.7 Å². The molecule has 4 rings (SSSR count). The van der Waals surface area contributed by atoms with E-state index in [0.717, 1.165) is 16.7 Å². The topological polar surface area (TPSA) is 65.1 Å². The lowest BCUT2D eigenvalue weighted by atomic mass is 10.00. The molecule has 1 heterocycles. The number of amides is 1. The molecule has 0 aromatic heterocycles. The van der Waals surface area contributed by atoms with Gasteiger partial charge in [0.2, 0.25) is 6.79 Å². The van der Waals surface area contributed by atoms with E-state index in [4.69, 9.17) is 14.2 Å². The summed E-state index contributed by atoms with van der Waals surface area (Å²) in [5.74, 6) is 0.627. The fourth-order valence-electron chi connectivity index (χ4n) is 3.62. The van der Waals surface area contributed by atoms with E-state index in [1.54, 1.807) is 17.0 Å². The average molecular weight is 431 g/mol. The summed E-state index contributed by atoms with van der Waals surface area (Å²) in [7, 11) is 0. The Morgan fingerprint density at radius 3 is 2.47 bits per heavy atom. The summed E-state index contributed by atoms with van der Waals surface area (Å²) in [6, 6.07) is 22.8. The summed E-state index contributed by atoms with van der Waals surface area (Å²) in [4.78, 5) is 27.1. The molecule has 32 heavy (non-hydrogen) atoms. The van der Waals surface area contributed by atoms with Crippen LogP contribution >= 0.6 is 0 Å². The Morgan fingerprint density at radius 2 is 1.66 bits per heavy atom. The minimum absolute atomic E-state index is 0.205. The van der Waals surface area contributed by atoms with Crippen molar-refractivity contribution >= 4 is 11.9 Å². The Balaban J connectivity index is 1.37. The van der Waals surface area contributed by atoms with Gasteiger partial charge in [0, 0.05) is 13.1 Å². The lowest BCUT2D eigenvalue weighted by molar-refractivity contribution is -0.134. The quantitative estimate of drug-likeness (QED) is 0.500. The molecule has 0 atom stereocenters. The van der Waals surface area contributed by atoms with E-state index < -0.39 is 5.97 Å². The lowest BCUT2D eigenvalue weighted by Crippen LogP contribution is -2.34. The van der Waals surface area contributed by atoms with Crippen LogP contribution in [0.2, 0.25) is 0 Å². The van der Waals surface area contributed by atoms with Crippen molar-refractivity contribution in [2.75, 3.05) is 19.9 Å². The number of nitrogens with zero attached hydrogens (tertiary/aromatic N) is 1. The van der Waals surface area contributed by atoms with Crippen LogP contribution in [-0.2, 0) is 22.5 Å². The summed E-state index contributed by atoms with van der Waals surface area (Å²) in [5.41, 5.74) is 3.36. The predicted octanol–water partition coefficient (Wildman–Crippen LogP) is 4.21. The van der Waals surface area contributed by atoms with Gasteiger partial charge in [-0.15, -0.1) is 0 Å². The number of benzene rings is 3. The molecule has 1 amide bonds. The van der Waals surface area contributed by atoms with Gasteiger partial charge in [0.15, 0.2) is 18.1 Å². The van der Waals surface area contributed by atoms with Gasteiger partial charge >= 0.3 is 5.97 Å². The molecule has 1 aliphatic heterocycles. The number of fused-ring (bicyclic) bond motifs is 1. The maximum absolute atomic E-state index is 12.7. The van der Waals surface area contributed by atoms with Gasteiger partial charge in [0.25, 0.3) is 5.91 Å². The van der Waals surface area contributed by atoms with Gasteiger partial charge in [0.05, 0.1) is 5.56 Å². The molecule has 0 unspecified atom stereocenters. The van der Waals surface area contributed by atoms with Crippen LogP contribution in [0.25, 0.3) is 0 Å². The molecule has 0 saturated heterocycles. The molecular formula is C26H25NO5. The maximum atomic E-state index is 12.7. The SMILES string of the molecule is CCN(Cc1ccc2c(c1)OCO2)C(=O)COC(=O)c1ccccc1Cc1ccccc1. The molecular weight excluding hydrogens is 406 g/mol. The van der Waals surface area contributed by atoms with Crippen LogP contribution in [0.3, 0.4) is 0 Å². The van der Waals surface area contributed by atoms with E-state index in [1.165, 1.54) is 0 Å². The second-order valence-electron chi connectivity index (χ2n) is 7.49. The Bertz CT molecular complexity index is 1100. The highest BCUT2D eigenvalue weighted by molar-refractivity contribution is 5.92. The Morgan fingerprint density at radius 1 is 0.906 bits per heavy atom. The zero-order valence-corrected chi connectivity index (χ0v) is 18.0. The standard InChI is InChI=1S/C26H25NO5/c1-2-27(16-20-12-13-23-24(15-20)32-18-31-23)25(28)17-30-26(29)22-11-7-6-10-21(22)14-19-8-4-3-5-9-19/h3-13,15H,2,14,16-18H2,1H3. The number of hydrogen-bond donors (Lipinski definition) is 0. The minimum Gasteiger partial charge on any atom is -0.454 e. The highest BCUT2D eigenvalue weighted by Crippen LogP contribution is 2.32. The average Bonchev–Trinajstić information content (AvgIpc) is 3.30. The number of ether oxygens (including phenoxy) is 3. The third-order valence-electron chi connectivity index (χ3n) is 5.35. The third kappa shape index (κ3) is 5.09. The van der Waals surface area contributed by atoms with Crippen molar-refractivity contribution in [3.05, 3.63) is 95.1 Å². The van der Waals surface area contributed by atoms with Crippen LogP contribution in [0, 0.1) is 0 Å². The zero-order valence-electron chi connectivity index (χ0n) is 18.0. The molecule has 3 aromatic rings. The number of likely N-dealkylation sites (N-methyl/N-ethyl adjacent to an activating group) is 1. The van der Waals surface area contributed by atoms with Gasteiger partial charge < -0.3 is 19.1 Å². The van der Waals surface area contributed by atoms with E-state index in [0.29, 0.717) is 36.6 Å². The molecule has 0 bridgehead atoms. The van der Waals surface area contributed by atoms with Crippen molar-refractivity contribution < 1.29 is 23.8 Å². The molecule has 0 radical (unpaired) electrons. The smallest absolute Gasteiger partial charge is 0.338 e. The van der Waals surface area contributed by atoms with Crippen molar-refractivity contribution in [1.29, 1.82) is 0 Å². The van der Waals surface area contributed by atoms with Gasteiger partial charge in [-0.05, 0) is 48.2 Å². The summed E-state index contributed by atoms with van der Waals surface area (Å²) in [6.45, 7) is 2.68. The number of rotatable bonds is 8. The molecule has 0 aliphatic carbocycles. The lowest BCUT2D eigenvalue weighted by Gasteiger charge is -2.21. The molecule has 0 saturated carbocycles. The fourth-order valence-corrected chi connectivity index (χ4v) is 3.62. The summed E-state index contributed by atoms with van der Waals surface area (Å²) >= 11 is 0. The number of esters is 1. The van der Waals surface area contributed by atoms with E-state index in [2.05, 4.69) is 0 Å². The van der Waals surface area contributed by atoms with Gasteiger partial charge in [0.1, 0.15) is 0 Å². The normalized spacial score (nSPS) is 11.8. The second-order valence-corrected chi connectivity index (χ2v) is 7.49. The first-order valence-electron chi connectivity index (χ1n) is 10.6. The molecule has 0 fully saturated rings. The Labute approximate surface area is 187 Å². The first-order valence-corrected chi connectivity index (χ1v) is 10.6. The van der Waals surface area contributed by atoms with Crippen molar-refractivity contribution in [3.63, 3.8) is 0 Å². The summed E-state index contributed by atoms with van der Waals surface area (Å²) < 4.78 is 16.1. The summed E-state index contributed by atoms with van der Waals surface area (Å²) in [5, 5.41) is 0. The molecule has 1 aliphatic rings. The van der Waals surface area contributed by atoms with Crippen LogP contribution in [0.5, 0.6) is 11.5 Å². The van der Waals surface area contributed by atoms with Crippen LogP contribution < -0.4 is 9.47 Å². The van der Waals surface area contributed by atoms with E-state index in [9.17, 15) is 9.59 Å². The van der Waals surface area contributed by atoms with E-state index in [-0.39, 0.29) is 19.3 Å². The molecule has 6 heteroatoms.